The molecule has 1 aliphatic carbocycles. The zero-order valence-electron chi connectivity index (χ0n) is 5.52. The van der Waals surface area contributed by atoms with Gasteiger partial charge in [0.2, 0.25) is 0 Å². The molecule has 2 bridgehead atoms. The summed E-state index contributed by atoms with van der Waals surface area (Å²) in [5.74, 6) is 1.28. The van der Waals surface area contributed by atoms with Crippen LogP contribution in [0.15, 0.2) is 0 Å². The molecule has 3 aliphatic heterocycles. The maximum absolute atomic E-state index is 2.62. The first-order chi connectivity index (χ1) is 3.76. The fourth-order valence-corrected chi connectivity index (χ4v) is 9.95. The molecule has 4 fully saturated rings. The SMILES string of the molecule is CB1CC2C3C2[PH]13C. The van der Waals surface area contributed by atoms with Crippen molar-refractivity contribution in [3.63, 3.8) is 0 Å². The summed E-state index contributed by atoms with van der Waals surface area (Å²) < 4.78 is 0. The van der Waals surface area contributed by atoms with Crippen LogP contribution in [-0.2, 0) is 0 Å². The molecule has 2 atom stereocenters. The second-order valence-electron chi connectivity index (χ2n) is 4.22. The van der Waals surface area contributed by atoms with E-state index in [2.05, 4.69) is 13.5 Å². The summed E-state index contributed by atoms with van der Waals surface area (Å²) in [5.41, 5.74) is 2.72. The van der Waals surface area contributed by atoms with Crippen molar-refractivity contribution in [2.45, 2.75) is 24.5 Å². The third-order valence-electron chi connectivity index (χ3n) is 4.18. The van der Waals surface area contributed by atoms with Crippen molar-refractivity contribution in [2.75, 3.05) is 6.66 Å². The summed E-state index contributed by atoms with van der Waals surface area (Å²) in [5, 5.41) is 0. The maximum atomic E-state index is 2.62. The standard InChI is InChI=1S/C6H12BP/c1-7-3-4-5-6(4)8(5,7)2/h4-6,8H,3H2,1-2H3. The molecule has 0 radical (unpaired) electrons. The molecule has 0 N–H and O–H groups in total. The molecule has 3 saturated heterocycles. The van der Waals surface area contributed by atoms with Crippen LogP contribution in [0.4, 0.5) is 0 Å². The summed E-state index contributed by atoms with van der Waals surface area (Å²) >= 11 is 0. The van der Waals surface area contributed by atoms with Gasteiger partial charge in [0.1, 0.15) is 0 Å². The van der Waals surface area contributed by atoms with Crippen LogP contribution >= 0.6 is 7.14 Å². The van der Waals surface area contributed by atoms with Gasteiger partial charge in [-0.15, -0.1) is 0 Å². The first kappa shape index (κ1) is 4.33. The molecule has 2 unspecified atom stereocenters. The van der Waals surface area contributed by atoms with Crippen molar-refractivity contribution in [1.29, 1.82) is 0 Å². The zero-order valence-corrected chi connectivity index (χ0v) is 6.52. The van der Waals surface area contributed by atoms with E-state index in [4.69, 9.17) is 0 Å². The van der Waals surface area contributed by atoms with Crippen LogP contribution in [0.1, 0.15) is 0 Å². The zero-order chi connectivity index (χ0) is 5.52. The number of rotatable bonds is 0. The average molecular weight is 126 g/mol. The van der Waals surface area contributed by atoms with E-state index >= 15 is 0 Å². The van der Waals surface area contributed by atoms with Crippen LogP contribution < -0.4 is 0 Å². The van der Waals surface area contributed by atoms with E-state index in [-0.39, 0.29) is 0 Å². The van der Waals surface area contributed by atoms with E-state index in [9.17, 15) is 0 Å². The van der Waals surface area contributed by atoms with Gasteiger partial charge >= 0.3 is 50.6 Å². The minimum absolute atomic E-state index is 0.417. The molecule has 0 aromatic carbocycles. The molecule has 8 heavy (non-hydrogen) atoms. The molecule has 0 amide bonds. The third kappa shape index (κ3) is 0.211. The fraction of sp³-hybridized carbons (Fsp3) is 1.00. The predicted molar refractivity (Wildman–Crippen MR) is 41.7 cm³/mol. The van der Waals surface area contributed by atoms with E-state index in [1.807, 2.05) is 0 Å². The number of fused-ring (bicyclic) bond motifs is 1. The van der Waals surface area contributed by atoms with Crippen LogP contribution in [0.25, 0.3) is 0 Å². The van der Waals surface area contributed by atoms with E-state index in [1.54, 1.807) is 6.32 Å². The Morgan fingerprint density at radius 2 is 2.12 bits per heavy atom. The fourth-order valence-electron chi connectivity index (χ4n) is 3.39. The molecule has 1 saturated carbocycles. The van der Waals surface area contributed by atoms with Gasteiger partial charge in [0.05, 0.1) is 0 Å². The van der Waals surface area contributed by atoms with Crippen molar-refractivity contribution < 1.29 is 0 Å². The summed E-state index contributed by atoms with van der Waals surface area (Å²) in [4.78, 5) is 0. The Balaban J connectivity index is 2.09. The summed E-state index contributed by atoms with van der Waals surface area (Å²) in [7, 11) is -0.417. The van der Waals surface area contributed by atoms with Crippen molar-refractivity contribution in [2.24, 2.45) is 5.92 Å². The van der Waals surface area contributed by atoms with Crippen LogP contribution in [-0.4, -0.2) is 24.4 Å². The van der Waals surface area contributed by atoms with Crippen molar-refractivity contribution in [3.05, 3.63) is 0 Å². The average Bonchev–Trinajstić information content (AvgIpc) is 2.50. The predicted octanol–water partition coefficient (Wildman–Crippen LogP) is 1.38. The molecule has 0 nitrogen and oxygen atoms in total. The van der Waals surface area contributed by atoms with Gasteiger partial charge in [-0.2, -0.15) is 0 Å². The molecule has 0 spiro atoms. The van der Waals surface area contributed by atoms with Gasteiger partial charge in [-0.1, -0.05) is 0 Å². The van der Waals surface area contributed by atoms with Crippen molar-refractivity contribution >= 4 is 13.6 Å². The van der Waals surface area contributed by atoms with Crippen molar-refractivity contribution in [3.8, 4) is 0 Å². The molecule has 0 aromatic heterocycles. The Kier molecular flexibility index (Phi) is 0.451. The number of hydrogen-bond acceptors (Lipinski definition) is 0. The van der Waals surface area contributed by atoms with E-state index in [0.717, 1.165) is 0 Å². The van der Waals surface area contributed by atoms with Crippen LogP contribution in [0.2, 0.25) is 13.1 Å². The minimum atomic E-state index is -0.417. The first-order valence-electron chi connectivity index (χ1n) is 3.76. The Morgan fingerprint density at radius 3 is 2.25 bits per heavy atom. The van der Waals surface area contributed by atoms with Gasteiger partial charge in [-0.25, -0.2) is 0 Å². The molecule has 4 aliphatic rings. The molecular formula is C6H12BP. The number of hydrogen-bond donors (Lipinski definition) is 0. The monoisotopic (exact) mass is 126 g/mol. The van der Waals surface area contributed by atoms with Gasteiger partial charge in [-0.3, -0.25) is 0 Å². The molecule has 3 heterocycles. The Bertz CT molecular complexity index is 158. The second-order valence-corrected chi connectivity index (χ2v) is 9.27. The van der Waals surface area contributed by atoms with Crippen molar-refractivity contribution in [1.82, 2.24) is 0 Å². The van der Waals surface area contributed by atoms with Gasteiger partial charge in [0.25, 0.3) is 0 Å². The molecule has 4 rings (SSSR count). The summed E-state index contributed by atoms with van der Waals surface area (Å²) in [6.07, 6.45) is 2.83. The summed E-state index contributed by atoms with van der Waals surface area (Å²) in [6, 6.07) is 0. The van der Waals surface area contributed by atoms with Crippen LogP contribution in [0.5, 0.6) is 0 Å². The Morgan fingerprint density at radius 1 is 1.50 bits per heavy atom. The quantitative estimate of drug-likeness (QED) is 0.339. The van der Waals surface area contributed by atoms with Gasteiger partial charge in [-0.05, 0) is 0 Å². The van der Waals surface area contributed by atoms with Crippen LogP contribution in [0.3, 0.4) is 0 Å². The Hall–Kier alpha value is 0.495. The molecule has 0 aromatic rings. The normalized spacial score (nSPS) is 64.8. The van der Waals surface area contributed by atoms with E-state index < -0.39 is 7.14 Å². The van der Waals surface area contributed by atoms with Gasteiger partial charge in [0.15, 0.2) is 0 Å². The molecule has 2 heteroatoms. The third-order valence-corrected chi connectivity index (χ3v) is 10.6. The van der Waals surface area contributed by atoms with Gasteiger partial charge in [0, 0.05) is 0 Å². The van der Waals surface area contributed by atoms with E-state index in [0.29, 0.717) is 0 Å². The van der Waals surface area contributed by atoms with Crippen LogP contribution in [0, 0.1) is 5.92 Å². The second kappa shape index (κ2) is 0.832. The summed E-state index contributed by atoms with van der Waals surface area (Å²) in [6.45, 7) is 5.11. The Labute approximate surface area is 51.4 Å². The molecule has 44 valence electrons. The van der Waals surface area contributed by atoms with E-state index in [1.165, 1.54) is 23.7 Å². The molecular weight excluding hydrogens is 114 g/mol. The topological polar surface area (TPSA) is 0 Å². The van der Waals surface area contributed by atoms with Gasteiger partial charge < -0.3 is 0 Å². The first-order valence-corrected chi connectivity index (χ1v) is 6.49.